The predicted octanol–water partition coefficient (Wildman–Crippen LogP) is 1.55. The molecule has 1 saturated carbocycles. The van der Waals surface area contributed by atoms with Gasteiger partial charge in [-0.25, -0.2) is 0 Å². The van der Waals surface area contributed by atoms with E-state index in [2.05, 4.69) is 0 Å². The zero-order chi connectivity index (χ0) is 8.55. The van der Waals surface area contributed by atoms with Gasteiger partial charge >= 0.3 is 0 Å². The molecule has 0 radical (unpaired) electrons. The third-order valence-corrected chi connectivity index (χ3v) is 2.48. The number of ether oxygens (including phenoxy) is 1. The number of rotatable bonds is 2. The second-order valence-corrected chi connectivity index (χ2v) is 3.70. The topological polar surface area (TPSA) is 35.2 Å². The molecule has 0 bridgehead atoms. The Morgan fingerprint density at radius 3 is 2.92 bits per heavy atom. The second-order valence-electron chi connectivity index (χ2n) is 3.26. The standard InChI is InChI=1S/C9H12ClNO/c10-7-2-1-3-8(9(7)11)12-6-4-5-6/h1-3,6,8-9H,4-5,11H2. The highest BCUT2D eigenvalue weighted by Crippen LogP contribution is 2.28. The van der Waals surface area contributed by atoms with Gasteiger partial charge in [-0.3, -0.25) is 0 Å². The molecule has 0 spiro atoms. The number of hydrogen-bond acceptors (Lipinski definition) is 2. The van der Waals surface area contributed by atoms with Gasteiger partial charge < -0.3 is 10.5 Å². The van der Waals surface area contributed by atoms with Gasteiger partial charge in [0.2, 0.25) is 0 Å². The molecule has 0 aromatic heterocycles. The van der Waals surface area contributed by atoms with Gasteiger partial charge in [-0.05, 0) is 18.9 Å². The lowest BCUT2D eigenvalue weighted by molar-refractivity contribution is 0.0619. The maximum atomic E-state index is 5.87. The fourth-order valence-corrected chi connectivity index (χ4v) is 1.40. The van der Waals surface area contributed by atoms with Crippen LogP contribution in [0.2, 0.25) is 0 Å². The Bertz CT molecular complexity index is 233. The molecule has 2 atom stereocenters. The van der Waals surface area contributed by atoms with Gasteiger partial charge in [-0.1, -0.05) is 23.8 Å². The molecule has 66 valence electrons. The molecular formula is C9H12ClNO. The van der Waals surface area contributed by atoms with Crippen LogP contribution < -0.4 is 5.73 Å². The minimum Gasteiger partial charge on any atom is -0.369 e. The Morgan fingerprint density at radius 2 is 2.25 bits per heavy atom. The Kier molecular flexibility index (Phi) is 2.22. The van der Waals surface area contributed by atoms with E-state index in [4.69, 9.17) is 22.1 Å². The Balaban J connectivity index is 1.97. The van der Waals surface area contributed by atoms with Crippen LogP contribution in [0.4, 0.5) is 0 Å². The molecule has 0 aromatic rings. The molecule has 0 heterocycles. The van der Waals surface area contributed by atoms with Crippen LogP contribution in [-0.2, 0) is 4.74 Å². The van der Waals surface area contributed by atoms with Crippen molar-refractivity contribution in [2.75, 3.05) is 0 Å². The van der Waals surface area contributed by atoms with Crippen LogP contribution in [0, 0.1) is 0 Å². The van der Waals surface area contributed by atoms with Crippen LogP contribution in [0.3, 0.4) is 0 Å². The zero-order valence-corrected chi connectivity index (χ0v) is 7.50. The lowest BCUT2D eigenvalue weighted by atomic mass is 10.1. The number of halogens is 1. The first-order chi connectivity index (χ1) is 5.77. The van der Waals surface area contributed by atoms with Crippen LogP contribution in [-0.4, -0.2) is 18.2 Å². The van der Waals surface area contributed by atoms with E-state index in [9.17, 15) is 0 Å². The number of hydrogen-bond donors (Lipinski definition) is 1. The second kappa shape index (κ2) is 3.21. The monoisotopic (exact) mass is 185 g/mol. The molecule has 2 rings (SSSR count). The van der Waals surface area contributed by atoms with Crippen LogP contribution >= 0.6 is 11.6 Å². The fourth-order valence-electron chi connectivity index (χ4n) is 1.20. The molecule has 12 heavy (non-hydrogen) atoms. The van der Waals surface area contributed by atoms with E-state index in [1.54, 1.807) is 0 Å². The summed E-state index contributed by atoms with van der Waals surface area (Å²) in [6, 6.07) is -0.169. The molecule has 2 nitrogen and oxygen atoms in total. The lowest BCUT2D eigenvalue weighted by Crippen LogP contribution is -2.37. The highest BCUT2D eigenvalue weighted by Gasteiger charge is 2.29. The van der Waals surface area contributed by atoms with Crippen molar-refractivity contribution in [1.29, 1.82) is 0 Å². The van der Waals surface area contributed by atoms with Crippen molar-refractivity contribution in [2.45, 2.75) is 31.1 Å². The van der Waals surface area contributed by atoms with Crippen molar-refractivity contribution in [1.82, 2.24) is 0 Å². The summed E-state index contributed by atoms with van der Waals surface area (Å²) in [4.78, 5) is 0. The molecule has 2 unspecified atom stereocenters. The van der Waals surface area contributed by atoms with Crippen LogP contribution in [0.25, 0.3) is 0 Å². The summed E-state index contributed by atoms with van der Waals surface area (Å²) in [6.07, 6.45) is 8.42. The first-order valence-corrected chi connectivity index (χ1v) is 4.60. The van der Waals surface area contributed by atoms with Crippen molar-refractivity contribution in [3.05, 3.63) is 23.3 Å². The highest BCUT2D eigenvalue weighted by atomic mass is 35.5. The van der Waals surface area contributed by atoms with Crippen molar-refractivity contribution in [2.24, 2.45) is 5.73 Å². The zero-order valence-electron chi connectivity index (χ0n) is 6.74. The van der Waals surface area contributed by atoms with E-state index in [0.717, 1.165) is 0 Å². The van der Waals surface area contributed by atoms with Gasteiger partial charge in [0.15, 0.2) is 0 Å². The summed E-state index contributed by atoms with van der Waals surface area (Å²) in [5.41, 5.74) is 5.82. The van der Waals surface area contributed by atoms with Crippen LogP contribution in [0.5, 0.6) is 0 Å². The van der Waals surface area contributed by atoms with Gasteiger partial charge in [0, 0.05) is 5.03 Å². The molecule has 2 N–H and O–H groups in total. The van der Waals surface area contributed by atoms with E-state index in [-0.39, 0.29) is 12.1 Å². The Hall–Kier alpha value is -0.310. The predicted molar refractivity (Wildman–Crippen MR) is 48.9 cm³/mol. The molecule has 0 aliphatic heterocycles. The van der Waals surface area contributed by atoms with Crippen molar-refractivity contribution < 1.29 is 4.74 Å². The summed E-state index contributed by atoms with van der Waals surface area (Å²) in [6.45, 7) is 0. The number of allylic oxidation sites excluding steroid dienone is 2. The van der Waals surface area contributed by atoms with Gasteiger partial charge in [-0.2, -0.15) is 0 Å². The Morgan fingerprint density at radius 1 is 1.50 bits per heavy atom. The molecular weight excluding hydrogens is 174 g/mol. The van der Waals surface area contributed by atoms with Gasteiger partial charge in [-0.15, -0.1) is 0 Å². The van der Waals surface area contributed by atoms with Crippen molar-refractivity contribution >= 4 is 11.6 Å². The highest BCUT2D eigenvalue weighted by molar-refractivity contribution is 6.30. The van der Waals surface area contributed by atoms with Crippen LogP contribution in [0.1, 0.15) is 12.8 Å². The first kappa shape index (κ1) is 8.30. The normalized spacial score (nSPS) is 35.0. The average molecular weight is 186 g/mol. The smallest absolute Gasteiger partial charge is 0.0963 e. The quantitative estimate of drug-likeness (QED) is 0.709. The molecule has 2 aliphatic carbocycles. The summed E-state index contributed by atoms with van der Waals surface area (Å²) >= 11 is 5.87. The molecule has 0 amide bonds. The SMILES string of the molecule is NC1C(Cl)=CC=CC1OC1CC1. The van der Waals surface area contributed by atoms with E-state index >= 15 is 0 Å². The minimum atomic E-state index is -0.169. The van der Waals surface area contributed by atoms with E-state index in [1.165, 1.54) is 12.8 Å². The maximum Gasteiger partial charge on any atom is 0.0963 e. The molecule has 2 aliphatic rings. The van der Waals surface area contributed by atoms with Crippen molar-refractivity contribution in [3.63, 3.8) is 0 Å². The summed E-state index contributed by atoms with van der Waals surface area (Å²) in [7, 11) is 0. The van der Waals surface area contributed by atoms with Gasteiger partial charge in [0.25, 0.3) is 0 Å². The van der Waals surface area contributed by atoms with E-state index < -0.39 is 0 Å². The summed E-state index contributed by atoms with van der Waals surface area (Å²) in [5, 5.41) is 0.683. The molecule has 3 heteroatoms. The van der Waals surface area contributed by atoms with E-state index in [1.807, 2.05) is 18.2 Å². The minimum absolute atomic E-state index is 0.0185. The Labute approximate surface area is 77.0 Å². The number of nitrogens with two attached hydrogens (primary N) is 1. The van der Waals surface area contributed by atoms with E-state index in [0.29, 0.717) is 11.1 Å². The van der Waals surface area contributed by atoms with Crippen molar-refractivity contribution in [3.8, 4) is 0 Å². The summed E-state index contributed by atoms with van der Waals surface area (Å²) < 4.78 is 5.65. The average Bonchev–Trinajstić information content (AvgIpc) is 2.83. The lowest BCUT2D eigenvalue weighted by Gasteiger charge is -2.23. The molecule has 0 saturated heterocycles. The third-order valence-electron chi connectivity index (χ3n) is 2.10. The largest absolute Gasteiger partial charge is 0.369 e. The van der Waals surface area contributed by atoms with Gasteiger partial charge in [0.1, 0.15) is 0 Å². The molecule has 1 fully saturated rings. The maximum absolute atomic E-state index is 5.87. The molecule has 0 aromatic carbocycles. The fraction of sp³-hybridized carbons (Fsp3) is 0.556. The van der Waals surface area contributed by atoms with Crippen LogP contribution in [0.15, 0.2) is 23.3 Å². The summed E-state index contributed by atoms with van der Waals surface area (Å²) in [5.74, 6) is 0. The third kappa shape index (κ3) is 1.71. The van der Waals surface area contributed by atoms with Gasteiger partial charge in [0.05, 0.1) is 18.2 Å². The first-order valence-electron chi connectivity index (χ1n) is 4.22.